The second-order valence-corrected chi connectivity index (χ2v) is 5.28. The minimum atomic E-state index is 0.204. The molecule has 1 amide bonds. The molecule has 2 heterocycles. The van der Waals surface area contributed by atoms with Gasteiger partial charge in [-0.05, 0) is 39.5 Å². The maximum atomic E-state index is 12.3. The Kier molecular flexibility index (Phi) is 4.58. The van der Waals surface area contributed by atoms with Gasteiger partial charge >= 0.3 is 0 Å². The van der Waals surface area contributed by atoms with Gasteiger partial charge in [-0.1, -0.05) is 5.16 Å². The number of hydrogen-bond donors (Lipinski definition) is 1. The summed E-state index contributed by atoms with van der Waals surface area (Å²) in [6, 6.07) is 0.228. The summed E-state index contributed by atoms with van der Waals surface area (Å²) >= 11 is 0. The molecule has 1 saturated heterocycles. The Hall–Kier alpha value is -1.36. The molecule has 5 heteroatoms. The SMILES string of the molecule is Cc1noc(C)c1CCC(=O)N1CCCCC1CN. The van der Waals surface area contributed by atoms with Crippen LogP contribution in [0.2, 0.25) is 0 Å². The predicted octanol–water partition coefficient (Wildman–Crippen LogP) is 1.56. The van der Waals surface area contributed by atoms with Crippen LogP contribution in [0.25, 0.3) is 0 Å². The first-order valence-corrected chi connectivity index (χ1v) is 7.04. The largest absolute Gasteiger partial charge is 0.361 e. The third-order valence-corrected chi connectivity index (χ3v) is 3.99. The fourth-order valence-electron chi connectivity index (χ4n) is 2.81. The Morgan fingerprint density at radius 1 is 1.47 bits per heavy atom. The van der Waals surface area contributed by atoms with Crippen LogP contribution in [0.1, 0.15) is 42.7 Å². The van der Waals surface area contributed by atoms with Crippen molar-refractivity contribution in [3.8, 4) is 0 Å². The summed E-state index contributed by atoms with van der Waals surface area (Å²) in [4.78, 5) is 14.3. The zero-order valence-electron chi connectivity index (χ0n) is 11.8. The average molecular weight is 265 g/mol. The fourth-order valence-corrected chi connectivity index (χ4v) is 2.81. The Morgan fingerprint density at radius 2 is 2.26 bits per heavy atom. The van der Waals surface area contributed by atoms with Crippen LogP contribution in [-0.4, -0.2) is 35.1 Å². The van der Waals surface area contributed by atoms with Crippen molar-refractivity contribution in [2.45, 2.75) is 52.0 Å². The topological polar surface area (TPSA) is 72.4 Å². The summed E-state index contributed by atoms with van der Waals surface area (Å²) in [5.41, 5.74) is 7.70. The molecule has 106 valence electrons. The standard InChI is InChI=1S/C14H23N3O2/c1-10-13(11(2)19-16-10)6-7-14(18)17-8-4-3-5-12(17)9-15/h12H,3-9,15H2,1-2H3. The molecule has 1 aliphatic heterocycles. The van der Waals surface area contributed by atoms with Gasteiger partial charge in [0.05, 0.1) is 5.69 Å². The highest BCUT2D eigenvalue weighted by molar-refractivity contribution is 5.77. The second kappa shape index (κ2) is 6.19. The molecule has 0 saturated carbocycles. The Labute approximate surface area is 114 Å². The first kappa shape index (κ1) is 14.1. The molecule has 2 N–H and O–H groups in total. The summed E-state index contributed by atoms with van der Waals surface area (Å²) in [6.07, 6.45) is 4.52. The highest BCUT2D eigenvalue weighted by Gasteiger charge is 2.25. The molecule has 0 aliphatic carbocycles. The number of carbonyl (C=O) groups excluding carboxylic acids is 1. The lowest BCUT2D eigenvalue weighted by Crippen LogP contribution is -2.47. The first-order chi connectivity index (χ1) is 9.13. The summed E-state index contributed by atoms with van der Waals surface area (Å²) in [5, 5.41) is 3.92. The van der Waals surface area contributed by atoms with Crippen molar-refractivity contribution in [2.75, 3.05) is 13.1 Å². The fraction of sp³-hybridized carbons (Fsp3) is 0.714. The van der Waals surface area contributed by atoms with E-state index in [0.29, 0.717) is 19.4 Å². The van der Waals surface area contributed by atoms with Crippen molar-refractivity contribution in [1.82, 2.24) is 10.1 Å². The van der Waals surface area contributed by atoms with Crippen LogP contribution in [0.5, 0.6) is 0 Å². The van der Waals surface area contributed by atoms with Crippen molar-refractivity contribution >= 4 is 5.91 Å². The van der Waals surface area contributed by atoms with E-state index in [2.05, 4.69) is 5.16 Å². The third-order valence-electron chi connectivity index (χ3n) is 3.99. The number of aryl methyl sites for hydroxylation is 2. The summed E-state index contributed by atoms with van der Waals surface area (Å²) in [6.45, 7) is 5.22. The van der Waals surface area contributed by atoms with Gasteiger partial charge in [0, 0.05) is 31.1 Å². The number of amides is 1. The third kappa shape index (κ3) is 3.15. The molecule has 1 aromatic heterocycles. The number of likely N-dealkylation sites (tertiary alicyclic amines) is 1. The highest BCUT2D eigenvalue weighted by atomic mass is 16.5. The summed E-state index contributed by atoms with van der Waals surface area (Å²) < 4.78 is 5.12. The van der Waals surface area contributed by atoms with Gasteiger partial charge in [-0.3, -0.25) is 4.79 Å². The van der Waals surface area contributed by atoms with Crippen molar-refractivity contribution in [3.05, 3.63) is 17.0 Å². The second-order valence-electron chi connectivity index (χ2n) is 5.28. The first-order valence-electron chi connectivity index (χ1n) is 7.04. The van der Waals surface area contributed by atoms with E-state index in [1.54, 1.807) is 0 Å². The minimum Gasteiger partial charge on any atom is -0.361 e. The van der Waals surface area contributed by atoms with Crippen molar-refractivity contribution < 1.29 is 9.32 Å². The number of hydrogen-bond acceptors (Lipinski definition) is 4. The molecule has 1 aliphatic rings. The molecule has 0 aromatic carbocycles. The predicted molar refractivity (Wildman–Crippen MR) is 72.7 cm³/mol. The van der Waals surface area contributed by atoms with Gasteiger partial charge in [-0.15, -0.1) is 0 Å². The maximum absolute atomic E-state index is 12.3. The van der Waals surface area contributed by atoms with Gasteiger partial charge in [0.15, 0.2) is 0 Å². The van der Waals surface area contributed by atoms with E-state index in [-0.39, 0.29) is 11.9 Å². The van der Waals surface area contributed by atoms with Gasteiger partial charge in [0.25, 0.3) is 0 Å². The van der Waals surface area contributed by atoms with Crippen LogP contribution in [0.15, 0.2) is 4.52 Å². The normalized spacial score (nSPS) is 19.7. The zero-order valence-corrected chi connectivity index (χ0v) is 11.8. The van der Waals surface area contributed by atoms with Crippen LogP contribution in [0, 0.1) is 13.8 Å². The maximum Gasteiger partial charge on any atom is 0.223 e. The van der Waals surface area contributed by atoms with Gasteiger partial charge in [0.2, 0.25) is 5.91 Å². The summed E-state index contributed by atoms with van der Waals surface area (Å²) in [5.74, 6) is 1.02. The number of piperidine rings is 1. The number of rotatable bonds is 4. The molecule has 0 bridgehead atoms. The Bertz CT molecular complexity index is 422. The van der Waals surface area contributed by atoms with Crippen molar-refractivity contribution in [1.29, 1.82) is 0 Å². The molecule has 1 fully saturated rings. The monoisotopic (exact) mass is 265 g/mol. The molecule has 1 unspecified atom stereocenters. The lowest BCUT2D eigenvalue weighted by molar-refractivity contribution is -0.134. The molecule has 2 rings (SSSR count). The number of carbonyl (C=O) groups is 1. The van der Waals surface area contributed by atoms with E-state index in [0.717, 1.165) is 36.4 Å². The smallest absolute Gasteiger partial charge is 0.223 e. The lowest BCUT2D eigenvalue weighted by Gasteiger charge is -2.35. The molecule has 1 aromatic rings. The van der Waals surface area contributed by atoms with Gasteiger partial charge in [-0.25, -0.2) is 0 Å². The highest BCUT2D eigenvalue weighted by Crippen LogP contribution is 2.19. The van der Waals surface area contributed by atoms with Crippen molar-refractivity contribution in [2.24, 2.45) is 5.73 Å². The van der Waals surface area contributed by atoms with E-state index in [1.807, 2.05) is 18.7 Å². The van der Waals surface area contributed by atoms with E-state index < -0.39 is 0 Å². The van der Waals surface area contributed by atoms with Gasteiger partial charge < -0.3 is 15.2 Å². The molecule has 5 nitrogen and oxygen atoms in total. The van der Waals surface area contributed by atoms with Gasteiger partial charge in [0.1, 0.15) is 5.76 Å². The minimum absolute atomic E-state index is 0.204. The molecule has 1 atom stereocenters. The molecular formula is C14H23N3O2. The van der Waals surface area contributed by atoms with E-state index >= 15 is 0 Å². The summed E-state index contributed by atoms with van der Waals surface area (Å²) in [7, 11) is 0. The number of aromatic nitrogens is 1. The van der Waals surface area contributed by atoms with Gasteiger partial charge in [-0.2, -0.15) is 0 Å². The van der Waals surface area contributed by atoms with Crippen LogP contribution in [-0.2, 0) is 11.2 Å². The molecule has 0 spiro atoms. The Balaban J connectivity index is 1.93. The van der Waals surface area contributed by atoms with E-state index in [1.165, 1.54) is 6.42 Å². The van der Waals surface area contributed by atoms with E-state index in [9.17, 15) is 4.79 Å². The zero-order chi connectivity index (χ0) is 13.8. The Morgan fingerprint density at radius 3 is 2.89 bits per heavy atom. The molecule has 19 heavy (non-hydrogen) atoms. The molecular weight excluding hydrogens is 242 g/mol. The molecule has 0 radical (unpaired) electrons. The lowest BCUT2D eigenvalue weighted by atomic mass is 10.0. The number of nitrogens with two attached hydrogens (primary N) is 1. The average Bonchev–Trinajstić information content (AvgIpc) is 2.75. The van der Waals surface area contributed by atoms with Crippen LogP contribution < -0.4 is 5.73 Å². The van der Waals surface area contributed by atoms with Crippen LogP contribution in [0.3, 0.4) is 0 Å². The number of nitrogens with zero attached hydrogens (tertiary/aromatic N) is 2. The van der Waals surface area contributed by atoms with Crippen LogP contribution >= 0.6 is 0 Å². The van der Waals surface area contributed by atoms with Crippen LogP contribution in [0.4, 0.5) is 0 Å². The quantitative estimate of drug-likeness (QED) is 0.896. The van der Waals surface area contributed by atoms with E-state index in [4.69, 9.17) is 10.3 Å². The van der Waals surface area contributed by atoms with Crippen molar-refractivity contribution in [3.63, 3.8) is 0 Å².